The summed E-state index contributed by atoms with van der Waals surface area (Å²) in [5.74, 6) is 3.45. The lowest BCUT2D eigenvalue weighted by atomic mass is 9.67. The van der Waals surface area contributed by atoms with Crippen molar-refractivity contribution in [2.45, 2.75) is 24.7 Å². The third-order valence-electron chi connectivity index (χ3n) is 26.0. The minimum Gasteiger partial charge on any atom is -0.208 e. The summed E-state index contributed by atoms with van der Waals surface area (Å²) in [5, 5.41) is 4.64. The summed E-state index contributed by atoms with van der Waals surface area (Å²) in [6, 6.07) is 154. The van der Waals surface area contributed by atoms with Gasteiger partial charge >= 0.3 is 0 Å². The predicted octanol–water partition coefficient (Wildman–Crippen LogP) is 31.1. The maximum atomic E-state index is 5.66. The zero-order chi connectivity index (χ0) is 83.6. The van der Waals surface area contributed by atoms with Crippen LogP contribution in [0.15, 0.2) is 425 Å². The minimum absolute atomic E-state index is 0.104. The lowest BCUT2D eigenvalue weighted by Gasteiger charge is -2.34. The van der Waals surface area contributed by atoms with Crippen LogP contribution in [0.1, 0.15) is 47.2 Å². The lowest BCUT2D eigenvalue weighted by molar-refractivity contribution is 0.660. The number of nitrogens with zero attached hydrogens (tertiary/aromatic N) is 6. The highest BCUT2D eigenvalue weighted by Crippen LogP contribution is 2.58. The molecule has 8 heteroatoms. The Bertz CT molecular complexity index is 8070. The smallest absolute Gasteiger partial charge is 0.165 e. The Morgan fingerprint density at radius 3 is 1.17 bits per heavy atom. The van der Waals surface area contributed by atoms with Crippen molar-refractivity contribution in [2.75, 3.05) is 0 Å². The molecule has 4 aromatic heterocycles. The largest absolute Gasteiger partial charge is 0.208 e. The van der Waals surface area contributed by atoms with E-state index in [0.717, 1.165) is 120 Å². The van der Waals surface area contributed by atoms with Gasteiger partial charge in [-0.25, -0.2) is 29.9 Å². The van der Waals surface area contributed by atoms with E-state index in [-0.39, 0.29) is 5.41 Å². The number of benzene rings is 18. The first-order valence-corrected chi connectivity index (χ1v) is 44.6. The van der Waals surface area contributed by atoms with Crippen LogP contribution < -0.4 is 0 Å². The average Bonchev–Trinajstić information content (AvgIpc) is 1.54. The maximum Gasteiger partial charge on any atom is 0.165 e. The predicted molar refractivity (Wildman–Crippen MR) is 525 cm³/mol. The number of rotatable bonds is 15. The molecule has 0 saturated carbocycles. The van der Waals surface area contributed by atoms with E-state index in [9.17, 15) is 0 Å². The van der Waals surface area contributed by atoms with Crippen LogP contribution in [0.4, 0.5) is 0 Å². The maximum absolute atomic E-state index is 5.66. The molecular weight excluding hydrogens is 1570 g/mol. The van der Waals surface area contributed by atoms with Gasteiger partial charge in [0.25, 0.3) is 0 Å². The SMILES string of the molecule is CC1(C)c2ccccc2-c2c(-c3cccc(-c4ccc(-c5nc(-c6ccccc6-c6ccccc6)nc(-c6cc(-c7ccccc7-c7ccccc7-c7nc(-c8ccc(-c9cccc(-c%10ccc%11c(c%10)C(c%10ccccc%10)(c%10ccccc%10)c%10ccccc%10-%11)c9)cc8)nc(-c8cccc9c8sc8ccccc89)n7)cc7c6sc6ccccc67)n5)cc4)c3)cccc21. The van der Waals surface area contributed by atoms with Gasteiger partial charge in [-0.3, -0.25) is 0 Å². The first-order chi connectivity index (χ1) is 62.2. The van der Waals surface area contributed by atoms with Crippen molar-refractivity contribution in [2.24, 2.45) is 0 Å². The first-order valence-electron chi connectivity index (χ1n) is 42.9. The Balaban J connectivity index is 0.622. The molecule has 18 aromatic carbocycles. The van der Waals surface area contributed by atoms with E-state index < -0.39 is 5.41 Å². The van der Waals surface area contributed by atoms with Crippen molar-refractivity contribution in [3.63, 3.8) is 0 Å². The molecule has 2 aliphatic carbocycles. The molecule has 0 radical (unpaired) electrons. The van der Waals surface area contributed by atoms with E-state index in [4.69, 9.17) is 29.9 Å². The molecule has 0 atom stereocenters. The minimum atomic E-state index is -0.511. The van der Waals surface area contributed by atoms with E-state index in [1.54, 1.807) is 22.7 Å². The lowest BCUT2D eigenvalue weighted by Crippen LogP contribution is -2.28. The van der Waals surface area contributed by atoms with E-state index >= 15 is 0 Å². The summed E-state index contributed by atoms with van der Waals surface area (Å²) < 4.78 is 4.58. The van der Waals surface area contributed by atoms with Gasteiger partial charge in [0.2, 0.25) is 0 Å². The molecule has 0 fully saturated rings. The molecule has 6 nitrogen and oxygen atoms in total. The summed E-state index contributed by atoms with van der Waals surface area (Å²) in [4.78, 5) is 33.5. The number of hydrogen-bond acceptors (Lipinski definition) is 8. The van der Waals surface area contributed by atoms with Gasteiger partial charge < -0.3 is 0 Å². The van der Waals surface area contributed by atoms with E-state index in [1.807, 2.05) is 0 Å². The number of hydrogen-bond donors (Lipinski definition) is 0. The van der Waals surface area contributed by atoms with Crippen LogP contribution in [0.3, 0.4) is 0 Å². The highest BCUT2D eigenvalue weighted by atomic mass is 32.1. The summed E-state index contributed by atoms with van der Waals surface area (Å²) in [7, 11) is 0. The fourth-order valence-electron chi connectivity index (χ4n) is 20.0. The molecule has 590 valence electrons. The van der Waals surface area contributed by atoms with Crippen LogP contribution in [0.5, 0.6) is 0 Å². The summed E-state index contributed by atoms with van der Waals surface area (Å²) in [6.45, 7) is 4.69. The first kappa shape index (κ1) is 74.3. The number of fused-ring (bicyclic) bond motifs is 12. The Morgan fingerprint density at radius 1 is 0.183 bits per heavy atom. The van der Waals surface area contributed by atoms with Gasteiger partial charge in [-0.2, -0.15) is 0 Å². The van der Waals surface area contributed by atoms with Gasteiger partial charge in [0.05, 0.1) is 5.41 Å². The number of thiophene rings is 2. The Kier molecular flexibility index (Phi) is 17.8. The van der Waals surface area contributed by atoms with Gasteiger partial charge in [-0.05, 0) is 182 Å². The molecule has 24 rings (SSSR count). The number of aromatic nitrogens is 6. The van der Waals surface area contributed by atoms with Gasteiger partial charge in [0.1, 0.15) is 0 Å². The Labute approximate surface area is 738 Å². The third-order valence-corrected chi connectivity index (χ3v) is 28.4. The van der Waals surface area contributed by atoms with Crippen LogP contribution in [0.2, 0.25) is 0 Å². The second-order valence-corrected chi connectivity index (χ2v) is 35.5. The fraction of sp³-hybridized carbons (Fsp3) is 0.0339. The van der Waals surface area contributed by atoms with Gasteiger partial charge in [0, 0.05) is 79.1 Å². The molecule has 0 aliphatic heterocycles. The molecule has 4 heterocycles. The van der Waals surface area contributed by atoms with Crippen molar-refractivity contribution in [1.29, 1.82) is 0 Å². The molecule has 0 unspecified atom stereocenters. The summed E-state index contributed by atoms with van der Waals surface area (Å²) >= 11 is 3.54. The molecule has 0 amide bonds. The highest BCUT2D eigenvalue weighted by molar-refractivity contribution is 7.26. The molecule has 126 heavy (non-hydrogen) atoms. The molecule has 0 saturated heterocycles. The van der Waals surface area contributed by atoms with Gasteiger partial charge in [-0.1, -0.05) is 390 Å². The van der Waals surface area contributed by atoms with Crippen molar-refractivity contribution in [1.82, 2.24) is 29.9 Å². The molecular formula is C118H76N6S2. The van der Waals surface area contributed by atoms with Crippen LogP contribution >= 0.6 is 22.7 Å². The van der Waals surface area contributed by atoms with Gasteiger partial charge in [-0.15, -0.1) is 22.7 Å². The molecule has 0 bridgehead atoms. The molecule has 2 aliphatic rings. The van der Waals surface area contributed by atoms with Crippen molar-refractivity contribution in [3.05, 3.63) is 458 Å². The summed E-state index contributed by atoms with van der Waals surface area (Å²) in [5.41, 5.74) is 32.9. The van der Waals surface area contributed by atoms with E-state index in [2.05, 4.69) is 438 Å². The molecule has 22 aromatic rings. The Hall–Kier alpha value is -15.6. The molecule has 0 spiro atoms. The van der Waals surface area contributed by atoms with Gasteiger partial charge in [0.15, 0.2) is 34.9 Å². The second kappa shape index (κ2) is 30.2. The van der Waals surface area contributed by atoms with Crippen molar-refractivity contribution >= 4 is 63.0 Å². The third kappa shape index (κ3) is 12.3. The zero-order valence-electron chi connectivity index (χ0n) is 68.9. The fourth-order valence-corrected chi connectivity index (χ4v) is 22.4. The highest BCUT2D eigenvalue weighted by Gasteiger charge is 2.46. The van der Waals surface area contributed by atoms with Crippen molar-refractivity contribution in [3.8, 4) is 168 Å². The van der Waals surface area contributed by atoms with Crippen LogP contribution in [-0.4, -0.2) is 29.9 Å². The second-order valence-electron chi connectivity index (χ2n) is 33.4. The monoisotopic (exact) mass is 1640 g/mol. The van der Waals surface area contributed by atoms with Crippen LogP contribution in [0.25, 0.3) is 209 Å². The van der Waals surface area contributed by atoms with Crippen LogP contribution in [-0.2, 0) is 10.8 Å². The quantitative estimate of drug-likeness (QED) is 0.102. The topological polar surface area (TPSA) is 77.3 Å². The zero-order valence-corrected chi connectivity index (χ0v) is 70.5. The standard InChI is InChI=1S/C118H76N6S2/c1-117(2)102-53-22-19-49-98(102)108-88(50-29-55-104(108)117)82-35-27-33-79(69-82)74-60-64-77(65-61-74)112-119-113(96-47-16-13-40-86(96)75-30-6-3-7-31-75)124-116(122-112)101-71-83(70-100-94-46-21-25-57-107(94)126-110(100)101)87-41-12-14-42-89(87)90-43-15-17-48-97(90)114-120-111(121-115(123-114)99-52-28-51-95-93-45-20-24-56-106(93)125-109(95)99)76-62-58-73(59-63-76)78-32-26-34-80(68-78)81-66-67-92-91-44-18-23-54-103(91)118(105(92)72-81,84-36-8-4-9-37-84)85-38-10-5-11-39-85/h3-72H,1-2H3. The summed E-state index contributed by atoms with van der Waals surface area (Å²) in [6.07, 6.45) is 0. The van der Waals surface area contributed by atoms with Crippen LogP contribution in [0, 0.1) is 0 Å². The van der Waals surface area contributed by atoms with E-state index in [0.29, 0.717) is 34.9 Å². The molecule has 0 N–H and O–H groups in total. The normalized spacial score (nSPS) is 12.8. The van der Waals surface area contributed by atoms with E-state index in [1.165, 1.54) is 86.9 Å². The van der Waals surface area contributed by atoms with Crippen molar-refractivity contribution < 1.29 is 0 Å². The average molecular weight is 1640 g/mol. The Morgan fingerprint density at radius 2 is 0.548 bits per heavy atom.